The van der Waals surface area contributed by atoms with Crippen LogP contribution in [0.2, 0.25) is 0 Å². The highest BCUT2D eigenvalue weighted by molar-refractivity contribution is 7.89. The largest absolute Gasteiger partial charge is 0.497 e. The molecule has 0 radical (unpaired) electrons. The average molecular weight is 287 g/mol. The Bertz CT molecular complexity index is 557. The molecule has 0 spiro atoms. The lowest BCUT2D eigenvalue weighted by Gasteiger charge is -2.18. The van der Waals surface area contributed by atoms with Gasteiger partial charge in [0.25, 0.3) is 0 Å². The topological polar surface area (TPSA) is 76.1 Å². The summed E-state index contributed by atoms with van der Waals surface area (Å²) in [4.78, 5) is 0.0588. The van der Waals surface area contributed by atoms with Crippen LogP contribution < -0.4 is 9.47 Å². The number of ether oxygens (including phenoxy) is 2. The van der Waals surface area contributed by atoms with Crippen molar-refractivity contribution in [2.45, 2.75) is 17.4 Å². The van der Waals surface area contributed by atoms with E-state index >= 15 is 0 Å². The Morgan fingerprint density at radius 3 is 2.58 bits per heavy atom. The number of β-amino-alcohol motifs (C(OH)–C–C–N with tert-alkyl or cyclic N) is 1. The van der Waals surface area contributed by atoms with E-state index in [9.17, 15) is 13.5 Å². The van der Waals surface area contributed by atoms with Gasteiger partial charge >= 0.3 is 0 Å². The Hall–Kier alpha value is -1.31. The maximum Gasteiger partial charge on any atom is 0.246 e. The van der Waals surface area contributed by atoms with Crippen LogP contribution in [-0.4, -0.2) is 51.2 Å². The minimum atomic E-state index is -3.68. The third-order valence-electron chi connectivity index (χ3n) is 3.11. The Morgan fingerprint density at radius 1 is 1.32 bits per heavy atom. The lowest BCUT2D eigenvalue weighted by molar-refractivity contribution is 0.189. The molecule has 0 amide bonds. The van der Waals surface area contributed by atoms with Gasteiger partial charge < -0.3 is 14.6 Å². The van der Waals surface area contributed by atoms with Crippen LogP contribution in [0, 0.1) is 0 Å². The van der Waals surface area contributed by atoms with Crippen LogP contribution in [0.1, 0.15) is 6.42 Å². The van der Waals surface area contributed by atoms with Gasteiger partial charge in [0.05, 0.1) is 20.3 Å². The third-order valence-corrected chi connectivity index (χ3v) is 5.00. The van der Waals surface area contributed by atoms with Crippen LogP contribution in [0.4, 0.5) is 0 Å². The lowest BCUT2D eigenvalue weighted by atomic mass is 10.3. The fourth-order valence-corrected chi connectivity index (χ4v) is 3.72. The molecule has 1 aromatic carbocycles. The van der Waals surface area contributed by atoms with Gasteiger partial charge in [0.15, 0.2) is 0 Å². The first-order valence-corrected chi connectivity index (χ1v) is 7.33. The van der Waals surface area contributed by atoms with E-state index in [0.29, 0.717) is 18.7 Å². The van der Waals surface area contributed by atoms with Gasteiger partial charge in [0.1, 0.15) is 16.4 Å². The standard InChI is InChI=1S/C12H17NO5S/c1-17-10-3-4-11(18-2)12(7-10)19(15,16)13-6-5-9(14)8-13/h3-4,7,9,14H,5-6,8H2,1-2H3. The predicted octanol–water partition coefficient (Wildman–Crippen LogP) is 0.459. The van der Waals surface area contributed by atoms with E-state index < -0.39 is 16.1 Å². The molecule has 106 valence electrons. The zero-order valence-electron chi connectivity index (χ0n) is 10.9. The number of nitrogens with zero attached hydrogens (tertiary/aromatic N) is 1. The number of sulfonamides is 1. The number of aliphatic hydroxyl groups excluding tert-OH is 1. The molecule has 19 heavy (non-hydrogen) atoms. The van der Waals surface area contributed by atoms with Crippen molar-refractivity contribution >= 4 is 10.0 Å². The second-order valence-corrected chi connectivity index (χ2v) is 6.23. The molecule has 1 aliphatic heterocycles. The van der Waals surface area contributed by atoms with E-state index in [0.717, 1.165) is 0 Å². The normalized spacial score (nSPS) is 20.5. The summed E-state index contributed by atoms with van der Waals surface area (Å²) in [5, 5.41) is 9.48. The van der Waals surface area contributed by atoms with Gasteiger partial charge in [-0.15, -0.1) is 0 Å². The fourth-order valence-electron chi connectivity index (χ4n) is 2.05. The van der Waals surface area contributed by atoms with Crippen molar-refractivity contribution in [2.24, 2.45) is 0 Å². The fraction of sp³-hybridized carbons (Fsp3) is 0.500. The highest BCUT2D eigenvalue weighted by atomic mass is 32.2. The van der Waals surface area contributed by atoms with Gasteiger partial charge in [-0.2, -0.15) is 4.31 Å². The molecule has 7 heteroatoms. The van der Waals surface area contributed by atoms with E-state index in [2.05, 4.69) is 0 Å². The molecule has 1 fully saturated rings. The smallest absolute Gasteiger partial charge is 0.246 e. The molecule has 1 heterocycles. The molecule has 2 rings (SSSR count). The number of hydrogen-bond donors (Lipinski definition) is 1. The predicted molar refractivity (Wildman–Crippen MR) is 68.9 cm³/mol. The summed E-state index contributed by atoms with van der Waals surface area (Å²) >= 11 is 0. The minimum Gasteiger partial charge on any atom is -0.497 e. The zero-order chi connectivity index (χ0) is 14.0. The Kier molecular flexibility index (Phi) is 3.98. The summed E-state index contributed by atoms with van der Waals surface area (Å²) in [6, 6.07) is 4.62. The second kappa shape index (κ2) is 5.36. The zero-order valence-corrected chi connectivity index (χ0v) is 11.7. The molecule has 0 aromatic heterocycles. The first-order chi connectivity index (χ1) is 8.98. The van der Waals surface area contributed by atoms with Crippen LogP contribution in [0.25, 0.3) is 0 Å². The Labute approximate surface area is 112 Å². The molecule has 1 aliphatic rings. The maximum absolute atomic E-state index is 12.5. The van der Waals surface area contributed by atoms with Gasteiger partial charge in [0, 0.05) is 19.2 Å². The lowest BCUT2D eigenvalue weighted by Crippen LogP contribution is -2.30. The molecular weight excluding hydrogens is 270 g/mol. The summed E-state index contributed by atoms with van der Waals surface area (Å²) in [7, 11) is -0.792. The molecule has 1 unspecified atom stereocenters. The Morgan fingerprint density at radius 2 is 2.05 bits per heavy atom. The second-order valence-electron chi connectivity index (χ2n) is 4.32. The highest BCUT2D eigenvalue weighted by Crippen LogP contribution is 2.31. The van der Waals surface area contributed by atoms with Crippen molar-refractivity contribution in [3.05, 3.63) is 18.2 Å². The molecule has 1 saturated heterocycles. The van der Waals surface area contributed by atoms with Crippen LogP contribution >= 0.6 is 0 Å². The molecule has 1 N–H and O–H groups in total. The number of hydrogen-bond acceptors (Lipinski definition) is 5. The molecule has 1 atom stereocenters. The number of aliphatic hydroxyl groups is 1. The van der Waals surface area contributed by atoms with E-state index in [1.54, 1.807) is 12.1 Å². The van der Waals surface area contributed by atoms with Gasteiger partial charge in [-0.1, -0.05) is 0 Å². The highest BCUT2D eigenvalue weighted by Gasteiger charge is 2.33. The van der Waals surface area contributed by atoms with Crippen LogP contribution in [-0.2, 0) is 10.0 Å². The van der Waals surface area contributed by atoms with Crippen molar-refractivity contribution in [1.82, 2.24) is 4.31 Å². The molecule has 0 saturated carbocycles. The molecule has 6 nitrogen and oxygen atoms in total. The molecule has 0 aliphatic carbocycles. The summed E-state index contributed by atoms with van der Waals surface area (Å²) in [6.07, 6.45) is -0.155. The monoisotopic (exact) mass is 287 g/mol. The number of methoxy groups -OCH3 is 2. The SMILES string of the molecule is COc1ccc(OC)c(S(=O)(=O)N2CCC(O)C2)c1. The minimum absolute atomic E-state index is 0.0588. The number of rotatable bonds is 4. The summed E-state index contributed by atoms with van der Waals surface area (Å²) in [5.74, 6) is 0.710. The van der Waals surface area contributed by atoms with Crippen LogP contribution in [0.5, 0.6) is 11.5 Å². The van der Waals surface area contributed by atoms with Crippen molar-refractivity contribution in [1.29, 1.82) is 0 Å². The van der Waals surface area contributed by atoms with Gasteiger partial charge in [-0.25, -0.2) is 8.42 Å². The van der Waals surface area contributed by atoms with E-state index in [-0.39, 0.29) is 17.2 Å². The van der Waals surface area contributed by atoms with Crippen LogP contribution in [0.3, 0.4) is 0 Å². The molecular formula is C12H17NO5S. The summed E-state index contributed by atoms with van der Waals surface area (Å²) in [6.45, 7) is 0.423. The van der Waals surface area contributed by atoms with E-state index in [1.165, 1.54) is 24.6 Å². The summed E-state index contributed by atoms with van der Waals surface area (Å²) in [5.41, 5.74) is 0. The van der Waals surface area contributed by atoms with Crippen molar-refractivity contribution in [3.63, 3.8) is 0 Å². The molecule has 0 bridgehead atoms. The number of benzene rings is 1. The van der Waals surface area contributed by atoms with Gasteiger partial charge in [0.2, 0.25) is 10.0 Å². The average Bonchev–Trinajstić information content (AvgIpc) is 2.85. The van der Waals surface area contributed by atoms with E-state index in [4.69, 9.17) is 9.47 Å². The van der Waals surface area contributed by atoms with E-state index in [1.807, 2.05) is 0 Å². The molecule has 1 aromatic rings. The van der Waals surface area contributed by atoms with Gasteiger partial charge in [-0.05, 0) is 18.6 Å². The quantitative estimate of drug-likeness (QED) is 0.870. The summed E-state index contributed by atoms with van der Waals surface area (Å²) < 4.78 is 36.4. The first kappa shape index (κ1) is 14.1. The van der Waals surface area contributed by atoms with Crippen molar-refractivity contribution in [2.75, 3.05) is 27.3 Å². The third kappa shape index (κ3) is 2.68. The van der Waals surface area contributed by atoms with Crippen LogP contribution in [0.15, 0.2) is 23.1 Å². The maximum atomic E-state index is 12.5. The Balaban J connectivity index is 2.44. The first-order valence-electron chi connectivity index (χ1n) is 5.89. The van der Waals surface area contributed by atoms with Gasteiger partial charge in [-0.3, -0.25) is 0 Å². The van der Waals surface area contributed by atoms with Crippen molar-refractivity contribution < 1.29 is 23.0 Å². The van der Waals surface area contributed by atoms with Crippen molar-refractivity contribution in [3.8, 4) is 11.5 Å².